The van der Waals surface area contributed by atoms with Crippen molar-refractivity contribution in [3.63, 3.8) is 0 Å². The first-order valence-electron chi connectivity index (χ1n) is 4.01. The van der Waals surface area contributed by atoms with E-state index in [1.165, 1.54) is 0 Å². The SMILES string of the molecule is CCC/C=C(\F)COS(=O)(=O)C(F)(F)F. The molecule has 8 heteroatoms. The molecule has 0 spiro atoms. The summed E-state index contributed by atoms with van der Waals surface area (Å²) < 4.78 is 71.7. The smallest absolute Gasteiger partial charge is 0.256 e. The zero-order valence-corrected chi connectivity index (χ0v) is 8.66. The molecule has 0 rings (SSSR count). The Morgan fingerprint density at radius 1 is 1.40 bits per heavy atom. The molecule has 0 unspecified atom stereocenters. The lowest BCUT2D eigenvalue weighted by molar-refractivity contribution is -0.0538. The third kappa shape index (κ3) is 5.12. The van der Waals surface area contributed by atoms with Gasteiger partial charge < -0.3 is 0 Å². The number of unbranched alkanes of at least 4 members (excludes halogenated alkanes) is 1. The first kappa shape index (κ1) is 14.4. The van der Waals surface area contributed by atoms with Crippen LogP contribution in [-0.2, 0) is 14.3 Å². The van der Waals surface area contributed by atoms with Crippen LogP contribution in [0.25, 0.3) is 0 Å². The summed E-state index contributed by atoms with van der Waals surface area (Å²) in [7, 11) is -5.70. The van der Waals surface area contributed by atoms with E-state index in [1.807, 2.05) is 0 Å². The molecule has 3 nitrogen and oxygen atoms in total. The standard InChI is InChI=1S/C7H10F4O3S/c1-2-3-4-6(8)5-14-15(12,13)7(9,10)11/h4H,2-3,5H2,1H3/b6-4-. The molecule has 0 aromatic carbocycles. The second kappa shape index (κ2) is 5.45. The van der Waals surface area contributed by atoms with E-state index in [9.17, 15) is 26.0 Å². The normalized spacial score (nSPS) is 14.3. The Morgan fingerprint density at radius 3 is 2.33 bits per heavy atom. The first-order valence-corrected chi connectivity index (χ1v) is 5.41. The molecule has 0 aromatic heterocycles. The molecule has 0 bridgehead atoms. The van der Waals surface area contributed by atoms with Crippen LogP contribution in [0.3, 0.4) is 0 Å². The van der Waals surface area contributed by atoms with Crippen LogP contribution in [0.15, 0.2) is 11.9 Å². The Bertz CT molecular complexity index is 318. The van der Waals surface area contributed by atoms with Crippen molar-refractivity contribution in [1.82, 2.24) is 0 Å². The Kier molecular flexibility index (Phi) is 5.22. The highest BCUT2D eigenvalue weighted by molar-refractivity contribution is 7.87. The molecule has 0 aliphatic rings. The van der Waals surface area contributed by atoms with Crippen LogP contribution in [0.1, 0.15) is 19.8 Å². The van der Waals surface area contributed by atoms with Crippen molar-refractivity contribution in [1.29, 1.82) is 0 Å². The van der Waals surface area contributed by atoms with Crippen LogP contribution < -0.4 is 0 Å². The van der Waals surface area contributed by atoms with E-state index in [1.54, 1.807) is 6.92 Å². The summed E-state index contributed by atoms with van der Waals surface area (Å²) in [6.07, 6.45) is 1.88. The fourth-order valence-electron chi connectivity index (χ4n) is 0.561. The highest BCUT2D eigenvalue weighted by atomic mass is 32.2. The van der Waals surface area contributed by atoms with Gasteiger partial charge in [-0.2, -0.15) is 21.6 Å². The number of allylic oxidation sites excluding steroid dienone is 1. The van der Waals surface area contributed by atoms with Crippen LogP contribution in [-0.4, -0.2) is 20.5 Å². The number of hydrogen-bond donors (Lipinski definition) is 0. The average molecular weight is 250 g/mol. The van der Waals surface area contributed by atoms with Crippen molar-refractivity contribution in [3.8, 4) is 0 Å². The van der Waals surface area contributed by atoms with E-state index >= 15 is 0 Å². The van der Waals surface area contributed by atoms with E-state index in [0.29, 0.717) is 12.8 Å². The van der Waals surface area contributed by atoms with Gasteiger partial charge >= 0.3 is 15.6 Å². The van der Waals surface area contributed by atoms with Crippen LogP contribution in [0.5, 0.6) is 0 Å². The maximum Gasteiger partial charge on any atom is 0.523 e. The summed E-state index contributed by atoms with van der Waals surface area (Å²) in [4.78, 5) is 0. The molecule has 0 N–H and O–H groups in total. The number of alkyl halides is 3. The second-order valence-corrected chi connectivity index (χ2v) is 4.21. The summed E-state index contributed by atoms with van der Waals surface area (Å²) in [5.41, 5.74) is -5.52. The highest BCUT2D eigenvalue weighted by Gasteiger charge is 2.47. The predicted molar refractivity (Wildman–Crippen MR) is 45.0 cm³/mol. The van der Waals surface area contributed by atoms with Crippen LogP contribution >= 0.6 is 0 Å². The van der Waals surface area contributed by atoms with Gasteiger partial charge in [0, 0.05) is 0 Å². The van der Waals surface area contributed by atoms with E-state index in [-0.39, 0.29) is 0 Å². The van der Waals surface area contributed by atoms with Crippen molar-refractivity contribution >= 4 is 10.1 Å². The van der Waals surface area contributed by atoms with Gasteiger partial charge in [0.05, 0.1) is 0 Å². The van der Waals surface area contributed by atoms with E-state index in [4.69, 9.17) is 0 Å². The van der Waals surface area contributed by atoms with Gasteiger partial charge in [-0.15, -0.1) is 0 Å². The molecule has 0 aromatic rings. The summed E-state index contributed by atoms with van der Waals surface area (Å²) in [6, 6.07) is 0. The van der Waals surface area contributed by atoms with Gasteiger partial charge in [-0.25, -0.2) is 4.39 Å². The van der Waals surface area contributed by atoms with Crippen molar-refractivity contribution < 1.29 is 30.2 Å². The van der Waals surface area contributed by atoms with Gasteiger partial charge in [0.25, 0.3) is 0 Å². The van der Waals surface area contributed by atoms with Crippen molar-refractivity contribution in [2.45, 2.75) is 25.3 Å². The molecule has 0 aliphatic carbocycles. The third-order valence-electron chi connectivity index (χ3n) is 1.29. The molecule has 0 fully saturated rings. The lowest BCUT2D eigenvalue weighted by Crippen LogP contribution is -2.26. The minimum atomic E-state index is -5.70. The maximum atomic E-state index is 12.6. The van der Waals surface area contributed by atoms with Gasteiger partial charge in [0.15, 0.2) is 0 Å². The molecule has 0 saturated carbocycles. The number of hydrogen-bond acceptors (Lipinski definition) is 3. The summed E-state index contributed by atoms with van der Waals surface area (Å²) >= 11 is 0. The number of rotatable bonds is 5. The van der Waals surface area contributed by atoms with Crippen LogP contribution in [0.4, 0.5) is 17.6 Å². The van der Waals surface area contributed by atoms with Gasteiger partial charge in [-0.1, -0.05) is 19.4 Å². The molecular weight excluding hydrogens is 240 g/mol. The van der Waals surface area contributed by atoms with Gasteiger partial charge in [0.2, 0.25) is 0 Å². The second-order valence-electron chi connectivity index (χ2n) is 2.60. The molecule has 0 aliphatic heterocycles. The van der Waals surface area contributed by atoms with Gasteiger partial charge in [-0.05, 0) is 6.42 Å². The molecule has 15 heavy (non-hydrogen) atoms. The van der Waals surface area contributed by atoms with E-state index in [0.717, 1.165) is 6.08 Å². The molecule has 90 valence electrons. The summed E-state index contributed by atoms with van der Waals surface area (Å²) in [5.74, 6) is -1.04. The van der Waals surface area contributed by atoms with E-state index in [2.05, 4.69) is 4.18 Å². The molecule has 0 radical (unpaired) electrons. The molecule has 0 saturated heterocycles. The predicted octanol–water partition coefficient (Wildman–Crippen LogP) is 2.51. The Labute approximate surface area is 84.8 Å². The molecule has 0 heterocycles. The molecule has 0 atom stereocenters. The zero-order chi connectivity index (χ0) is 12.1. The van der Waals surface area contributed by atoms with Gasteiger partial charge in [-0.3, -0.25) is 4.18 Å². The largest absolute Gasteiger partial charge is 0.523 e. The van der Waals surface area contributed by atoms with Crippen molar-refractivity contribution in [2.75, 3.05) is 6.61 Å². The third-order valence-corrected chi connectivity index (χ3v) is 2.29. The van der Waals surface area contributed by atoms with E-state index < -0.39 is 28.1 Å². The maximum absolute atomic E-state index is 12.6. The topological polar surface area (TPSA) is 43.4 Å². The van der Waals surface area contributed by atoms with Crippen molar-refractivity contribution in [3.05, 3.63) is 11.9 Å². The lowest BCUT2D eigenvalue weighted by Gasteiger charge is -2.06. The Balaban J connectivity index is 4.29. The van der Waals surface area contributed by atoms with Crippen LogP contribution in [0, 0.1) is 0 Å². The minimum absolute atomic E-state index is 0.307. The average Bonchev–Trinajstić information content (AvgIpc) is 2.09. The Morgan fingerprint density at radius 2 is 1.93 bits per heavy atom. The molecule has 0 amide bonds. The fraction of sp³-hybridized carbons (Fsp3) is 0.714. The minimum Gasteiger partial charge on any atom is -0.256 e. The fourth-order valence-corrected chi connectivity index (χ4v) is 0.962. The lowest BCUT2D eigenvalue weighted by atomic mass is 10.3. The number of halogens is 4. The quantitative estimate of drug-likeness (QED) is 0.428. The summed E-state index contributed by atoms with van der Waals surface area (Å²) in [5, 5.41) is 0. The zero-order valence-electron chi connectivity index (χ0n) is 7.84. The van der Waals surface area contributed by atoms with Gasteiger partial charge in [0.1, 0.15) is 12.4 Å². The molecular formula is C7H10F4O3S. The monoisotopic (exact) mass is 250 g/mol. The first-order chi connectivity index (χ1) is 6.70. The highest BCUT2D eigenvalue weighted by Crippen LogP contribution is 2.25. The van der Waals surface area contributed by atoms with Crippen LogP contribution in [0.2, 0.25) is 0 Å². The Hall–Kier alpha value is -0.630. The summed E-state index contributed by atoms with van der Waals surface area (Å²) in [6.45, 7) is 0.513. The van der Waals surface area contributed by atoms with Crippen molar-refractivity contribution in [2.24, 2.45) is 0 Å².